The van der Waals surface area contributed by atoms with Gasteiger partial charge in [0.25, 0.3) is 5.69 Å². The number of nitriles is 1. The van der Waals surface area contributed by atoms with Crippen LogP contribution in [0, 0.1) is 27.5 Å². The first kappa shape index (κ1) is 18.5. The Morgan fingerprint density at radius 2 is 2.20 bits per heavy atom. The lowest BCUT2D eigenvalue weighted by atomic mass is 9.96. The predicted molar refractivity (Wildman–Crippen MR) is 96.6 cm³/mol. The van der Waals surface area contributed by atoms with E-state index >= 15 is 0 Å². The van der Waals surface area contributed by atoms with Gasteiger partial charge in [-0.3, -0.25) is 20.2 Å². The fraction of sp³-hybridized carbons (Fsp3) is 0.400. The molecule has 1 aliphatic heterocycles. The number of nitrogens with zero attached hydrogens (tertiary/aromatic N) is 4. The number of carbonyl (C=O) groups is 1. The fourth-order valence-electron chi connectivity index (χ4n) is 2.69. The lowest BCUT2D eigenvalue weighted by Gasteiger charge is -2.31. The van der Waals surface area contributed by atoms with Crippen molar-refractivity contribution in [2.24, 2.45) is 16.6 Å². The number of anilines is 1. The first-order valence-corrected chi connectivity index (χ1v) is 8.79. The zero-order valence-electron chi connectivity index (χ0n) is 13.6. The summed E-state index contributed by atoms with van der Waals surface area (Å²) < 4.78 is 0. The molecule has 9 nitrogen and oxygen atoms in total. The summed E-state index contributed by atoms with van der Waals surface area (Å²) in [4.78, 5) is 28.3. The third-order valence-electron chi connectivity index (χ3n) is 3.98. The summed E-state index contributed by atoms with van der Waals surface area (Å²) in [5.74, 6) is -0.506. The smallest absolute Gasteiger partial charge is 0.294 e. The van der Waals surface area contributed by atoms with E-state index in [0.717, 1.165) is 0 Å². The maximum absolute atomic E-state index is 11.5. The summed E-state index contributed by atoms with van der Waals surface area (Å²) in [7, 11) is 0. The van der Waals surface area contributed by atoms with Gasteiger partial charge in [0, 0.05) is 25.1 Å². The van der Waals surface area contributed by atoms with Crippen LogP contribution in [0.5, 0.6) is 0 Å². The molecular formula is C15H18N6O3S. The van der Waals surface area contributed by atoms with Gasteiger partial charge in [0.1, 0.15) is 5.69 Å². The standard InChI is InChI=1S/C15H18N6O3S/c1-25-15(18-9-16)19-11-2-3-12(13(8-11)21(23)24)20-6-4-10(5-7-20)14(17)22/h2-3,8,10H,4-7H2,1H3,(H2,17,22)(H,18,19). The summed E-state index contributed by atoms with van der Waals surface area (Å²) in [5.41, 5.74) is 6.14. The van der Waals surface area contributed by atoms with Gasteiger partial charge in [-0.15, -0.1) is 0 Å². The van der Waals surface area contributed by atoms with Crippen LogP contribution in [-0.4, -0.2) is 35.3 Å². The molecular weight excluding hydrogens is 344 g/mol. The molecule has 1 aromatic rings. The first-order valence-electron chi connectivity index (χ1n) is 7.56. The van der Waals surface area contributed by atoms with Crippen LogP contribution >= 0.6 is 11.8 Å². The Hall–Kier alpha value is -2.80. The third kappa shape index (κ3) is 4.60. The van der Waals surface area contributed by atoms with Crippen molar-refractivity contribution < 1.29 is 9.72 Å². The molecule has 0 atom stereocenters. The van der Waals surface area contributed by atoms with E-state index in [1.807, 2.05) is 4.90 Å². The van der Waals surface area contributed by atoms with Crippen LogP contribution < -0.4 is 16.0 Å². The second-order valence-corrected chi connectivity index (χ2v) is 6.25. The number of benzene rings is 1. The summed E-state index contributed by atoms with van der Waals surface area (Å²) in [6.07, 6.45) is 4.67. The molecule has 10 heteroatoms. The van der Waals surface area contributed by atoms with Crippen LogP contribution in [0.25, 0.3) is 0 Å². The SMILES string of the molecule is CSC(=Nc1ccc(N2CCC(C(N)=O)CC2)c([N+](=O)[O-])c1)NC#N. The highest BCUT2D eigenvalue weighted by molar-refractivity contribution is 8.13. The zero-order chi connectivity index (χ0) is 18.4. The van der Waals surface area contributed by atoms with Crippen molar-refractivity contribution in [1.29, 1.82) is 5.26 Å². The molecule has 0 saturated carbocycles. The van der Waals surface area contributed by atoms with Crippen molar-refractivity contribution in [3.05, 3.63) is 28.3 Å². The van der Waals surface area contributed by atoms with Gasteiger partial charge < -0.3 is 10.6 Å². The van der Waals surface area contributed by atoms with Crippen LogP contribution in [-0.2, 0) is 4.79 Å². The minimum Gasteiger partial charge on any atom is -0.369 e. The Morgan fingerprint density at radius 3 is 2.72 bits per heavy atom. The summed E-state index contributed by atoms with van der Waals surface area (Å²) >= 11 is 1.23. The Kier molecular flexibility index (Phi) is 6.19. The predicted octanol–water partition coefficient (Wildman–Crippen LogP) is 1.72. The van der Waals surface area contributed by atoms with Gasteiger partial charge in [0.15, 0.2) is 11.4 Å². The highest BCUT2D eigenvalue weighted by Crippen LogP contribution is 2.34. The Labute approximate surface area is 149 Å². The molecule has 1 aromatic carbocycles. The number of amidine groups is 1. The molecule has 0 aromatic heterocycles. The topological polar surface area (TPSA) is 138 Å². The number of nitro benzene ring substituents is 1. The van der Waals surface area contributed by atoms with Crippen LogP contribution in [0.15, 0.2) is 23.2 Å². The van der Waals surface area contributed by atoms with Crippen molar-refractivity contribution in [2.75, 3.05) is 24.2 Å². The van der Waals surface area contributed by atoms with E-state index in [0.29, 0.717) is 42.5 Å². The normalized spacial score (nSPS) is 15.5. The molecule has 1 saturated heterocycles. The van der Waals surface area contributed by atoms with Crippen molar-refractivity contribution in [1.82, 2.24) is 5.32 Å². The van der Waals surface area contributed by atoms with E-state index in [4.69, 9.17) is 11.0 Å². The summed E-state index contributed by atoms with van der Waals surface area (Å²) in [5, 5.41) is 22.9. The highest BCUT2D eigenvalue weighted by Gasteiger charge is 2.27. The molecule has 1 heterocycles. The number of hydrogen-bond donors (Lipinski definition) is 2. The van der Waals surface area contributed by atoms with Gasteiger partial charge in [-0.1, -0.05) is 11.8 Å². The highest BCUT2D eigenvalue weighted by atomic mass is 32.2. The average Bonchev–Trinajstić information content (AvgIpc) is 2.61. The van der Waals surface area contributed by atoms with E-state index < -0.39 is 4.92 Å². The van der Waals surface area contributed by atoms with Gasteiger partial charge in [-0.25, -0.2) is 4.99 Å². The van der Waals surface area contributed by atoms with Gasteiger partial charge in [0.2, 0.25) is 5.91 Å². The van der Waals surface area contributed by atoms with Crippen molar-refractivity contribution >= 4 is 39.9 Å². The molecule has 2 rings (SSSR count). The van der Waals surface area contributed by atoms with Gasteiger partial charge in [-0.2, -0.15) is 5.26 Å². The molecule has 1 aliphatic rings. The van der Waals surface area contributed by atoms with Crippen molar-refractivity contribution in [2.45, 2.75) is 12.8 Å². The lowest BCUT2D eigenvalue weighted by Crippen LogP contribution is -2.38. The number of nitrogens with one attached hydrogen (secondary N) is 1. The summed E-state index contributed by atoms with van der Waals surface area (Å²) in [6, 6.07) is 4.69. The van der Waals surface area contributed by atoms with Crippen molar-refractivity contribution in [3.63, 3.8) is 0 Å². The minimum absolute atomic E-state index is 0.0591. The Morgan fingerprint density at radius 1 is 1.52 bits per heavy atom. The number of hydrogen-bond acceptors (Lipinski definition) is 7. The average molecular weight is 362 g/mol. The molecule has 0 unspecified atom stereocenters. The number of rotatable bonds is 4. The number of piperidine rings is 1. The maximum atomic E-state index is 11.5. The van der Waals surface area contributed by atoms with E-state index in [9.17, 15) is 14.9 Å². The number of amides is 1. The Balaban J connectivity index is 2.27. The molecule has 25 heavy (non-hydrogen) atoms. The molecule has 0 aliphatic carbocycles. The van der Waals surface area contributed by atoms with Crippen LogP contribution in [0.3, 0.4) is 0 Å². The van der Waals surface area contributed by atoms with E-state index in [1.165, 1.54) is 17.8 Å². The molecule has 132 valence electrons. The van der Waals surface area contributed by atoms with Gasteiger partial charge in [-0.05, 0) is 31.2 Å². The van der Waals surface area contributed by atoms with Crippen molar-refractivity contribution in [3.8, 4) is 6.19 Å². The molecule has 1 amide bonds. The van der Waals surface area contributed by atoms with E-state index in [-0.39, 0.29) is 17.5 Å². The lowest BCUT2D eigenvalue weighted by molar-refractivity contribution is -0.384. The van der Waals surface area contributed by atoms with Crippen LogP contribution in [0.2, 0.25) is 0 Å². The second-order valence-electron chi connectivity index (χ2n) is 5.45. The largest absolute Gasteiger partial charge is 0.369 e. The van der Waals surface area contributed by atoms with Gasteiger partial charge in [0.05, 0.1) is 10.6 Å². The Bertz CT molecular complexity index is 737. The maximum Gasteiger partial charge on any atom is 0.294 e. The fourth-order valence-corrected chi connectivity index (χ4v) is 3.03. The third-order valence-corrected chi connectivity index (χ3v) is 4.56. The number of nitrogens with two attached hydrogens (primary N) is 1. The quantitative estimate of drug-likeness (QED) is 0.208. The second kappa shape index (κ2) is 8.34. The van der Waals surface area contributed by atoms with E-state index in [2.05, 4.69) is 10.3 Å². The summed E-state index contributed by atoms with van der Waals surface area (Å²) in [6.45, 7) is 1.06. The first-order chi connectivity index (χ1) is 12.0. The number of thioether (sulfide) groups is 1. The number of primary amides is 1. The minimum atomic E-state index is -0.453. The van der Waals surface area contributed by atoms with E-state index in [1.54, 1.807) is 24.6 Å². The number of carbonyl (C=O) groups excluding carboxylic acids is 1. The number of aliphatic imine (C=N–C) groups is 1. The molecule has 0 spiro atoms. The monoisotopic (exact) mass is 362 g/mol. The zero-order valence-corrected chi connectivity index (χ0v) is 14.5. The van der Waals surface area contributed by atoms with Crippen LogP contribution in [0.1, 0.15) is 12.8 Å². The molecule has 3 N–H and O–H groups in total. The number of nitro groups is 1. The molecule has 0 bridgehead atoms. The molecule has 0 radical (unpaired) electrons. The van der Waals surface area contributed by atoms with Gasteiger partial charge >= 0.3 is 0 Å². The molecule has 1 fully saturated rings. The van der Waals surface area contributed by atoms with Crippen LogP contribution in [0.4, 0.5) is 17.1 Å².